The number of para-hydroxylation sites is 2. The fraction of sp³-hybridized carbons (Fsp3) is 0.550. The highest BCUT2D eigenvalue weighted by atomic mass is 16.5. The summed E-state index contributed by atoms with van der Waals surface area (Å²) in [6, 6.07) is 7.52. The van der Waals surface area contributed by atoms with Gasteiger partial charge in [-0.05, 0) is 37.8 Å². The SMILES string of the molecule is CCn1c(=O)n(CCC(=O)OCC(=O)N2CCC(C)CC2)c2ccccc21. The largest absolute Gasteiger partial charge is 0.456 e. The van der Waals surface area contributed by atoms with Gasteiger partial charge in [0.25, 0.3) is 5.91 Å². The molecule has 7 nitrogen and oxygen atoms in total. The Bertz CT molecular complexity index is 875. The second kappa shape index (κ2) is 8.41. The number of benzene rings is 1. The highest BCUT2D eigenvalue weighted by Gasteiger charge is 2.21. The van der Waals surface area contributed by atoms with E-state index >= 15 is 0 Å². The Morgan fingerprint density at radius 3 is 2.37 bits per heavy atom. The lowest BCUT2D eigenvalue weighted by Crippen LogP contribution is -2.40. The predicted octanol–water partition coefficient (Wildman–Crippen LogP) is 2.01. The molecule has 0 atom stereocenters. The molecule has 1 aromatic carbocycles. The number of hydrogen-bond acceptors (Lipinski definition) is 4. The molecule has 3 rings (SSSR count). The van der Waals surface area contributed by atoms with Crippen molar-refractivity contribution in [2.24, 2.45) is 5.92 Å². The third-order valence-corrected chi connectivity index (χ3v) is 5.27. The van der Waals surface area contributed by atoms with Crippen LogP contribution in [0.15, 0.2) is 29.1 Å². The maximum Gasteiger partial charge on any atom is 0.329 e. The lowest BCUT2D eigenvalue weighted by molar-refractivity contribution is -0.152. The molecular weight excluding hydrogens is 346 g/mol. The Morgan fingerprint density at radius 2 is 1.74 bits per heavy atom. The van der Waals surface area contributed by atoms with Crippen LogP contribution in [0.5, 0.6) is 0 Å². The number of likely N-dealkylation sites (tertiary alicyclic amines) is 1. The van der Waals surface area contributed by atoms with Crippen molar-refractivity contribution in [1.29, 1.82) is 0 Å². The fourth-order valence-electron chi connectivity index (χ4n) is 3.56. The topological polar surface area (TPSA) is 73.5 Å². The second-order valence-electron chi connectivity index (χ2n) is 7.14. The minimum absolute atomic E-state index is 0.0575. The number of aryl methyl sites for hydroxylation is 2. The van der Waals surface area contributed by atoms with Crippen LogP contribution >= 0.6 is 0 Å². The molecule has 1 aliphatic heterocycles. The summed E-state index contributed by atoms with van der Waals surface area (Å²) in [5.41, 5.74) is 1.52. The average Bonchev–Trinajstić information content (AvgIpc) is 2.95. The van der Waals surface area contributed by atoms with Gasteiger partial charge in [-0.2, -0.15) is 0 Å². The molecule has 146 valence electrons. The molecule has 1 aromatic heterocycles. The summed E-state index contributed by atoms with van der Waals surface area (Å²) in [6.45, 7) is 6.13. The summed E-state index contributed by atoms with van der Waals surface area (Å²) in [4.78, 5) is 38.5. The van der Waals surface area contributed by atoms with Crippen molar-refractivity contribution < 1.29 is 14.3 Å². The quantitative estimate of drug-likeness (QED) is 0.726. The van der Waals surface area contributed by atoms with Crippen molar-refractivity contribution in [2.75, 3.05) is 19.7 Å². The monoisotopic (exact) mass is 373 g/mol. The van der Waals surface area contributed by atoms with E-state index in [9.17, 15) is 14.4 Å². The number of piperidine rings is 1. The van der Waals surface area contributed by atoms with Crippen LogP contribution in [-0.4, -0.2) is 45.6 Å². The van der Waals surface area contributed by atoms with E-state index in [-0.39, 0.29) is 31.2 Å². The number of carbonyl (C=O) groups is 2. The molecule has 1 aliphatic rings. The van der Waals surface area contributed by atoms with Crippen LogP contribution in [0.3, 0.4) is 0 Å². The minimum Gasteiger partial charge on any atom is -0.456 e. The van der Waals surface area contributed by atoms with Gasteiger partial charge in [-0.15, -0.1) is 0 Å². The van der Waals surface area contributed by atoms with E-state index < -0.39 is 5.97 Å². The number of fused-ring (bicyclic) bond motifs is 1. The second-order valence-corrected chi connectivity index (χ2v) is 7.14. The van der Waals surface area contributed by atoms with Crippen molar-refractivity contribution >= 4 is 22.9 Å². The van der Waals surface area contributed by atoms with Crippen molar-refractivity contribution in [3.63, 3.8) is 0 Å². The number of ether oxygens (including phenoxy) is 1. The molecule has 0 spiro atoms. The molecule has 1 saturated heterocycles. The van der Waals surface area contributed by atoms with Crippen molar-refractivity contribution in [3.8, 4) is 0 Å². The first kappa shape index (κ1) is 19.2. The zero-order chi connectivity index (χ0) is 19.4. The van der Waals surface area contributed by atoms with Gasteiger partial charge in [0.1, 0.15) is 0 Å². The Labute approximate surface area is 158 Å². The van der Waals surface area contributed by atoms with Crippen LogP contribution in [0.4, 0.5) is 0 Å². The number of nitrogens with zero attached hydrogens (tertiary/aromatic N) is 3. The summed E-state index contributed by atoms with van der Waals surface area (Å²) in [5, 5.41) is 0. The van der Waals surface area contributed by atoms with Crippen molar-refractivity contribution in [2.45, 2.75) is 46.2 Å². The van der Waals surface area contributed by atoms with Crippen molar-refractivity contribution in [1.82, 2.24) is 14.0 Å². The van der Waals surface area contributed by atoms with Crippen LogP contribution in [-0.2, 0) is 27.4 Å². The van der Waals surface area contributed by atoms with Crippen LogP contribution in [0.2, 0.25) is 0 Å². The van der Waals surface area contributed by atoms with Gasteiger partial charge in [-0.25, -0.2) is 4.79 Å². The predicted molar refractivity (Wildman–Crippen MR) is 102 cm³/mol. The summed E-state index contributed by atoms with van der Waals surface area (Å²) in [6.07, 6.45) is 2.04. The number of esters is 1. The molecule has 7 heteroatoms. The maximum absolute atomic E-state index is 12.5. The number of hydrogen-bond donors (Lipinski definition) is 0. The van der Waals surface area contributed by atoms with E-state index in [2.05, 4.69) is 6.92 Å². The molecular formula is C20H27N3O4. The number of carbonyl (C=O) groups excluding carboxylic acids is 2. The Balaban J connectivity index is 1.55. The van der Waals surface area contributed by atoms with Crippen LogP contribution in [0.25, 0.3) is 11.0 Å². The lowest BCUT2D eigenvalue weighted by Gasteiger charge is -2.30. The average molecular weight is 373 g/mol. The first-order valence-corrected chi connectivity index (χ1v) is 9.62. The van der Waals surface area contributed by atoms with E-state index in [1.807, 2.05) is 31.2 Å². The van der Waals surface area contributed by atoms with Crippen LogP contribution in [0.1, 0.15) is 33.1 Å². The number of imidazole rings is 1. The zero-order valence-corrected chi connectivity index (χ0v) is 16.0. The minimum atomic E-state index is -0.464. The summed E-state index contributed by atoms with van der Waals surface area (Å²) < 4.78 is 8.41. The molecule has 27 heavy (non-hydrogen) atoms. The molecule has 1 amide bonds. The fourth-order valence-corrected chi connectivity index (χ4v) is 3.56. The van der Waals surface area contributed by atoms with Crippen LogP contribution in [0, 0.1) is 5.92 Å². The van der Waals surface area contributed by atoms with Gasteiger partial charge < -0.3 is 9.64 Å². The third kappa shape index (κ3) is 4.23. The summed E-state index contributed by atoms with van der Waals surface area (Å²) in [7, 11) is 0. The molecule has 2 aromatic rings. The smallest absolute Gasteiger partial charge is 0.329 e. The van der Waals surface area contributed by atoms with Crippen molar-refractivity contribution in [3.05, 3.63) is 34.7 Å². The molecule has 0 bridgehead atoms. The standard InChI is InChI=1S/C20H27N3O4/c1-3-22-16-6-4-5-7-17(16)23(20(22)26)13-10-19(25)27-14-18(24)21-11-8-15(2)9-12-21/h4-7,15H,3,8-14H2,1-2H3. The van der Waals surface area contributed by atoms with Gasteiger partial charge in [-0.1, -0.05) is 19.1 Å². The highest BCUT2D eigenvalue weighted by molar-refractivity contribution is 5.81. The Morgan fingerprint density at radius 1 is 1.11 bits per heavy atom. The van der Waals surface area contributed by atoms with Gasteiger partial charge in [0, 0.05) is 26.2 Å². The summed E-state index contributed by atoms with van der Waals surface area (Å²) in [5.74, 6) is 0.0316. The number of amides is 1. The van der Waals surface area contributed by atoms with Gasteiger partial charge in [0.15, 0.2) is 6.61 Å². The van der Waals surface area contributed by atoms with E-state index in [1.54, 1.807) is 14.0 Å². The molecule has 0 unspecified atom stereocenters. The van der Waals surface area contributed by atoms with Gasteiger partial charge in [0.2, 0.25) is 0 Å². The van der Waals surface area contributed by atoms with Gasteiger partial charge >= 0.3 is 11.7 Å². The highest BCUT2D eigenvalue weighted by Crippen LogP contribution is 2.16. The maximum atomic E-state index is 12.5. The third-order valence-electron chi connectivity index (χ3n) is 5.27. The molecule has 0 saturated carbocycles. The first-order valence-electron chi connectivity index (χ1n) is 9.62. The van der Waals surface area contributed by atoms with Gasteiger partial charge in [-0.3, -0.25) is 18.7 Å². The molecule has 0 N–H and O–H groups in total. The lowest BCUT2D eigenvalue weighted by atomic mass is 9.99. The molecule has 0 radical (unpaired) electrons. The van der Waals surface area contributed by atoms with E-state index in [0.717, 1.165) is 37.0 Å². The molecule has 0 aliphatic carbocycles. The van der Waals surface area contributed by atoms with E-state index in [4.69, 9.17) is 4.74 Å². The summed E-state index contributed by atoms with van der Waals surface area (Å²) >= 11 is 0. The normalized spacial score (nSPS) is 15.3. The number of rotatable bonds is 6. The Kier molecular flexibility index (Phi) is 5.98. The number of aromatic nitrogens is 2. The zero-order valence-electron chi connectivity index (χ0n) is 16.0. The molecule has 2 heterocycles. The van der Waals surface area contributed by atoms with Crippen LogP contribution < -0.4 is 5.69 Å². The van der Waals surface area contributed by atoms with E-state index in [1.165, 1.54) is 0 Å². The molecule has 1 fully saturated rings. The van der Waals surface area contributed by atoms with E-state index in [0.29, 0.717) is 12.5 Å². The Hall–Kier alpha value is -2.57. The first-order chi connectivity index (χ1) is 13.0. The van der Waals surface area contributed by atoms with Gasteiger partial charge in [0.05, 0.1) is 17.5 Å².